The maximum Gasteiger partial charge on any atom is 0.390 e. The predicted molar refractivity (Wildman–Crippen MR) is 100.0 cm³/mol. The second kappa shape index (κ2) is 10.6. The Morgan fingerprint density at radius 1 is 1.25 bits per heavy atom. The van der Waals surface area contributed by atoms with Crippen LogP contribution in [0.5, 0.6) is 0 Å². The van der Waals surface area contributed by atoms with Crippen molar-refractivity contribution in [1.29, 1.82) is 0 Å². The first kappa shape index (κ1) is 23.7. The minimum Gasteiger partial charge on any atom is -0.356 e. The Bertz CT molecular complexity index is 637. The fourth-order valence-corrected chi connectivity index (χ4v) is 3.98. The summed E-state index contributed by atoms with van der Waals surface area (Å²) in [5.41, 5.74) is 0. The summed E-state index contributed by atoms with van der Waals surface area (Å²) in [5, 5.41) is 5.19. The Morgan fingerprint density at radius 3 is 2.38 bits per heavy atom. The number of alkyl halides is 3. The van der Waals surface area contributed by atoms with Crippen molar-refractivity contribution in [3.63, 3.8) is 0 Å². The first-order valence-electron chi connectivity index (χ1n) is 6.40. The molecule has 1 aromatic heterocycles. The molecule has 0 amide bonds. The van der Waals surface area contributed by atoms with Crippen LogP contribution in [-0.2, 0) is 10.0 Å². The van der Waals surface area contributed by atoms with E-state index in [9.17, 15) is 21.6 Å². The van der Waals surface area contributed by atoms with E-state index in [0.717, 1.165) is 11.3 Å². The summed E-state index contributed by atoms with van der Waals surface area (Å²) < 4.78 is 62.6. The van der Waals surface area contributed by atoms with Gasteiger partial charge in [0.25, 0.3) is 0 Å². The number of aliphatic imine (C=N–C) groups is 1. The molecule has 0 aliphatic rings. The number of sulfonamides is 1. The zero-order valence-corrected chi connectivity index (χ0v) is 17.2. The van der Waals surface area contributed by atoms with Crippen LogP contribution in [-0.4, -0.2) is 47.2 Å². The van der Waals surface area contributed by atoms with E-state index in [1.165, 1.54) is 19.2 Å². The highest BCUT2D eigenvalue weighted by molar-refractivity contribution is 14.0. The average molecular weight is 521 g/mol. The maximum absolute atomic E-state index is 12.0. The van der Waals surface area contributed by atoms with Crippen molar-refractivity contribution in [2.45, 2.75) is 16.8 Å². The number of nitrogens with zero attached hydrogens (tertiary/aromatic N) is 1. The largest absolute Gasteiger partial charge is 0.390 e. The van der Waals surface area contributed by atoms with Gasteiger partial charge in [-0.3, -0.25) is 4.99 Å². The summed E-state index contributed by atoms with van der Waals surface area (Å²) in [7, 11) is -2.24. The highest BCUT2D eigenvalue weighted by atomic mass is 127. The Labute approximate surface area is 164 Å². The summed E-state index contributed by atoms with van der Waals surface area (Å²) in [6.07, 6.45) is -5.23. The molecule has 24 heavy (non-hydrogen) atoms. The number of hydrogen-bond donors (Lipinski definition) is 3. The molecule has 13 heteroatoms. The van der Waals surface area contributed by atoms with E-state index in [2.05, 4.69) is 20.3 Å². The second-order valence-corrected chi connectivity index (χ2v) is 7.96. The van der Waals surface area contributed by atoms with Crippen LogP contribution in [0.2, 0.25) is 4.34 Å². The monoisotopic (exact) mass is 520 g/mol. The van der Waals surface area contributed by atoms with Crippen LogP contribution in [0, 0.1) is 0 Å². The number of halogens is 5. The summed E-state index contributed by atoms with van der Waals surface area (Å²) in [4.78, 5) is 3.74. The molecule has 140 valence electrons. The minimum atomic E-state index is -4.25. The Balaban J connectivity index is 0.00000529. The lowest BCUT2D eigenvalue weighted by Crippen LogP contribution is -2.42. The molecular formula is C11H17ClF3IN4O2S2. The van der Waals surface area contributed by atoms with Gasteiger partial charge in [-0.15, -0.1) is 35.3 Å². The van der Waals surface area contributed by atoms with Crippen molar-refractivity contribution in [3.05, 3.63) is 16.5 Å². The maximum atomic E-state index is 12.0. The summed E-state index contributed by atoms with van der Waals surface area (Å²) in [5.74, 6) is 0.160. The minimum absolute atomic E-state index is 0. The molecule has 0 spiro atoms. The van der Waals surface area contributed by atoms with Crippen molar-refractivity contribution in [1.82, 2.24) is 15.4 Å². The predicted octanol–water partition coefficient (Wildman–Crippen LogP) is 2.42. The van der Waals surface area contributed by atoms with Crippen LogP contribution in [0.1, 0.15) is 6.42 Å². The van der Waals surface area contributed by atoms with Crippen molar-refractivity contribution >= 4 is 62.9 Å². The molecule has 1 heterocycles. The average Bonchev–Trinajstić information content (AvgIpc) is 2.87. The van der Waals surface area contributed by atoms with E-state index in [0.29, 0.717) is 4.34 Å². The second-order valence-electron chi connectivity index (χ2n) is 4.25. The molecule has 3 N–H and O–H groups in total. The van der Waals surface area contributed by atoms with E-state index in [1.807, 2.05) is 0 Å². The molecule has 0 fully saturated rings. The third-order valence-corrected chi connectivity index (χ3v) is 5.63. The van der Waals surface area contributed by atoms with Gasteiger partial charge in [-0.1, -0.05) is 11.6 Å². The van der Waals surface area contributed by atoms with Crippen molar-refractivity contribution in [3.8, 4) is 0 Å². The first-order chi connectivity index (χ1) is 10.6. The third-order valence-electron chi connectivity index (χ3n) is 2.45. The highest BCUT2D eigenvalue weighted by Gasteiger charge is 2.26. The molecule has 6 nitrogen and oxygen atoms in total. The van der Waals surface area contributed by atoms with Crippen LogP contribution in [0.3, 0.4) is 0 Å². The molecule has 0 unspecified atom stereocenters. The SMILES string of the molecule is CN=C(NCCNS(=O)(=O)c1ccc(Cl)s1)NCCC(F)(F)F.I. The Morgan fingerprint density at radius 2 is 1.88 bits per heavy atom. The van der Waals surface area contributed by atoms with E-state index in [-0.39, 0.29) is 53.8 Å². The van der Waals surface area contributed by atoms with Gasteiger partial charge < -0.3 is 10.6 Å². The fraction of sp³-hybridized carbons (Fsp3) is 0.545. The summed E-state index contributed by atoms with van der Waals surface area (Å²) in [6.45, 7) is -0.121. The zero-order valence-electron chi connectivity index (χ0n) is 12.5. The van der Waals surface area contributed by atoms with Gasteiger partial charge in [-0.2, -0.15) is 13.2 Å². The van der Waals surface area contributed by atoms with E-state index in [1.54, 1.807) is 0 Å². The van der Waals surface area contributed by atoms with Gasteiger partial charge in [0.2, 0.25) is 10.0 Å². The lowest BCUT2D eigenvalue weighted by molar-refractivity contribution is -0.132. The number of nitrogens with one attached hydrogen (secondary N) is 3. The van der Waals surface area contributed by atoms with E-state index in [4.69, 9.17) is 11.6 Å². The van der Waals surface area contributed by atoms with Crippen LogP contribution in [0.4, 0.5) is 13.2 Å². The topological polar surface area (TPSA) is 82.6 Å². The molecule has 0 bridgehead atoms. The van der Waals surface area contributed by atoms with Gasteiger partial charge >= 0.3 is 6.18 Å². The van der Waals surface area contributed by atoms with Crippen molar-refractivity contribution in [2.24, 2.45) is 4.99 Å². The fourth-order valence-electron chi connectivity index (χ4n) is 1.42. The Hall–Kier alpha value is -0.310. The van der Waals surface area contributed by atoms with Gasteiger partial charge in [0.15, 0.2) is 5.96 Å². The first-order valence-corrected chi connectivity index (χ1v) is 9.08. The quantitative estimate of drug-likeness (QED) is 0.223. The van der Waals surface area contributed by atoms with E-state index >= 15 is 0 Å². The van der Waals surface area contributed by atoms with Crippen molar-refractivity contribution < 1.29 is 21.6 Å². The highest BCUT2D eigenvalue weighted by Crippen LogP contribution is 2.25. The zero-order chi connectivity index (χ0) is 17.5. The molecule has 1 rings (SSSR count). The third kappa shape index (κ3) is 9.25. The van der Waals surface area contributed by atoms with Gasteiger partial charge in [0.05, 0.1) is 10.8 Å². The summed E-state index contributed by atoms with van der Waals surface area (Å²) in [6, 6.07) is 2.87. The van der Waals surface area contributed by atoms with Gasteiger partial charge in [-0.05, 0) is 12.1 Å². The van der Waals surface area contributed by atoms with Crippen LogP contribution in [0.25, 0.3) is 0 Å². The van der Waals surface area contributed by atoms with Crippen molar-refractivity contribution in [2.75, 3.05) is 26.7 Å². The molecule has 0 saturated heterocycles. The van der Waals surface area contributed by atoms with E-state index < -0.39 is 22.6 Å². The van der Waals surface area contributed by atoms with Crippen LogP contribution < -0.4 is 15.4 Å². The van der Waals surface area contributed by atoms with Gasteiger partial charge in [-0.25, -0.2) is 13.1 Å². The lowest BCUT2D eigenvalue weighted by Gasteiger charge is -2.13. The molecule has 1 aromatic rings. The molecule has 0 aliphatic heterocycles. The molecule has 0 saturated carbocycles. The summed E-state index contributed by atoms with van der Waals surface area (Å²) >= 11 is 6.61. The van der Waals surface area contributed by atoms with Crippen LogP contribution >= 0.6 is 46.9 Å². The number of rotatable bonds is 7. The molecule has 0 aromatic carbocycles. The smallest absolute Gasteiger partial charge is 0.356 e. The van der Waals surface area contributed by atoms with Gasteiger partial charge in [0.1, 0.15) is 4.21 Å². The van der Waals surface area contributed by atoms with Gasteiger partial charge in [0, 0.05) is 26.7 Å². The Kier molecular flexibility index (Phi) is 10.5. The number of hydrogen-bond acceptors (Lipinski definition) is 4. The number of thiophene rings is 1. The molecular weight excluding hydrogens is 504 g/mol. The normalized spacial score (nSPS) is 12.6. The standard InChI is InChI=1S/C11H16ClF3N4O2S2.HI/c1-16-10(17-5-4-11(13,14)15)18-6-7-19-23(20,21)9-3-2-8(12)22-9;/h2-3,19H,4-7H2,1H3,(H2,16,17,18);1H. The molecule has 0 aliphatic carbocycles. The molecule has 0 radical (unpaired) electrons. The van der Waals surface area contributed by atoms with Crippen LogP contribution in [0.15, 0.2) is 21.3 Å². The lowest BCUT2D eigenvalue weighted by atomic mass is 10.4. The molecule has 0 atom stereocenters. The number of guanidine groups is 1.